The minimum Gasteiger partial charge on any atom is -0.449 e. The van der Waals surface area contributed by atoms with Crippen LogP contribution in [0.4, 0.5) is 0 Å². The van der Waals surface area contributed by atoms with E-state index in [1.807, 2.05) is 32.0 Å². The van der Waals surface area contributed by atoms with Crippen LogP contribution < -0.4 is 4.74 Å². The zero-order valence-corrected chi connectivity index (χ0v) is 14.1. The fraction of sp³-hybridized carbons (Fsp3) is 0.474. The van der Waals surface area contributed by atoms with Gasteiger partial charge in [-0.1, -0.05) is 31.9 Å². The van der Waals surface area contributed by atoms with Crippen LogP contribution in [0.25, 0.3) is 0 Å². The molecule has 0 saturated carbocycles. The van der Waals surface area contributed by atoms with Gasteiger partial charge < -0.3 is 9.47 Å². The zero-order chi connectivity index (χ0) is 17.1. The van der Waals surface area contributed by atoms with Crippen molar-refractivity contribution in [3.05, 3.63) is 29.8 Å². The molecular formula is C19H24O4. The summed E-state index contributed by atoms with van der Waals surface area (Å²) in [6.45, 7) is 5.66. The van der Waals surface area contributed by atoms with Gasteiger partial charge in [-0.3, -0.25) is 9.59 Å². The molecule has 0 fully saturated rings. The molecule has 124 valence electrons. The van der Waals surface area contributed by atoms with Crippen molar-refractivity contribution in [1.29, 1.82) is 0 Å². The molecule has 0 aromatic heterocycles. The fourth-order valence-electron chi connectivity index (χ4n) is 1.98. The zero-order valence-electron chi connectivity index (χ0n) is 14.1. The summed E-state index contributed by atoms with van der Waals surface area (Å²) in [5, 5.41) is 0. The van der Waals surface area contributed by atoms with Crippen molar-refractivity contribution in [2.45, 2.75) is 59.0 Å². The van der Waals surface area contributed by atoms with E-state index in [1.165, 1.54) is 0 Å². The van der Waals surface area contributed by atoms with Gasteiger partial charge in [0, 0.05) is 12.8 Å². The minimum absolute atomic E-state index is 0.182. The standard InChI is InChI=1S/C19H24O4/c1-4-9-16(6-3)22-18(20)12-8-13-19(21)23-17-11-7-10-15(5-2)14-17/h7,10-11,14,16H,5-6,8,12-13H2,1-3H3. The van der Waals surface area contributed by atoms with Gasteiger partial charge in [-0.15, -0.1) is 5.92 Å². The van der Waals surface area contributed by atoms with E-state index in [0.29, 0.717) is 18.6 Å². The fourth-order valence-corrected chi connectivity index (χ4v) is 1.98. The molecule has 0 aliphatic heterocycles. The number of esters is 2. The molecule has 4 nitrogen and oxygen atoms in total. The third-order valence-corrected chi connectivity index (χ3v) is 3.25. The van der Waals surface area contributed by atoms with E-state index in [0.717, 1.165) is 12.0 Å². The second kappa shape index (κ2) is 10.4. The number of ether oxygens (including phenoxy) is 2. The first-order valence-electron chi connectivity index (χ1n) is 8.00. The van der Waals surface area contributed by atoms with Gasteiger partial charge in [0.05, 0.1) is 0 Å². The summed E-state index contributed by atoms with van der Waals surface area (Å²) in [5.41, 5.74) is 1.11. The Balaban J connectivity index is 2.32. The number of carbonyl (C=O) groups excluding carboxylic acids is 2. The van der Waals surface area contributed by atoms with Crippen molar-refractivity contribution in [3.8, 4) is 17.6 Å². The average Bonchev–Trinajstić information content (AvgIpc) is 2.54. The molecule has 0 spiro atoms. The molecule has 1 aromatic carbocycles. The largest absolute Gasteiger partial charge is 0.449 e. The summed E-state index contributed by atoms with van der Waals surface area (Å²) in [7, 11) is 0. The van der Waals surface area contributed by atoms with Crippen molar-refractivity contribution in [3.63, 3.8) is 0 Å². The Kier molecular flexibility index (Phi) is 8.52. The van der Waals surface area contributed by atoms with E-state index in [2.05, 4.69) is 11.8 Å². The Morgan fingerprint density at radius 1 is 1.17 bits per heavy atom. The van der Waals surface area contributed by atoms with Crippen LogP contribution in [-0.2, 0) is 20.7 Å². The highest BCUT2D eigenvalue weighted by Gasteiger charge is 2.12. The maximum Gasteiger partial charge on any atom is 0.311 e. The van der Waals surface area contributed by atoms with E-state index in [4.69, 9.17) is 9.47 Å². The maximum atomic E-state index is 11.8. The first-order chi connectivity index (χ1) is 11.1. The number of aryl methyl sites for hydroxylation is 1. The lowest BCUT2D eigenvalue weighted by Gasteiger charge is -2.10. The van der Waals surface area contributed by atoms with Crippen LogP contribution in [0.5, 0.6) is 5.75 Å². The second-order valence-electron chi connectivity index (χ2n) is 5.11. The molecular weight excluding hydrogens is 292 g/mol. The Labute approximate surface area is 138 Å². The Bertz CT molecular complexity index is 581. The first kappa shape index (κ1) is 18.8. The third kappa shape index (κ3) is 7.51. The molecule has 23 heavy (non-hydrogen) atoms. The third-order valence-electron chi connectivity index (χ3n) is 3.25. The van der Waals surface area contributed by atoms with Gasteiger partial charge >= 0.3 is 11.9 Å². The lowest BCUT2D eigenvalue weighted by molar-refractivity contribution is -0.146. The molecule has 4 heteroatoms. The highest BCUT2D eigenvalue weighted by atomic mass is 16.5. The summed E-state index contributed by atoms with van der Waals surface area (Å²) in [6, 6.07) is 7.44. The van der Waals surface area contributed by atoms with Gasteiger partial charge in [-0.05, 0) is 43.9 Å². The average molecular weight is 316 g/mol. The molecule has 1 aromatic rings. The Hall–Kier alpha value is -2.28. The maximum absolute atomic E-state index is 11.8. The summed E-state index contributed by atoms with van der Waals surface area (Å²) in [4.78, 5) is 23.4. The molecule has 0 heterocycles. The number of hydrogen-bond donors (Lipinski definition) is 0. The minimum atomic E-state index is -0.365. The van der Waals surface area contributed by atoms with Gasteiger partial charge in [-0.25, -0.2) is 0 Å². The summed E-state index contributed by atoms with van der Waals surface area (Å²) in [5.74, 6) is 5.42. The predicted molar refractivity (Wildman–Crippen MR) is 88.9 cm³/mol. The highest BCUT2D eigenvalue weighted by Crippen LogP contribution is 2.15. The van der Waals surface area contributed by atoms with Crippen LogP contribution in [0.3, 0.4) is 0 Å². The molecule has 0 aliphatic rings. The van der Waals surface area contributed by atoms with Crippen LogP contribution in [0.1, 0.15) is 52.0 Å². The Morgan fingerprint density at radius 3 is 2.57 bits per heavy atom. The monoisotopic (exact) mass is 316 g/mol. The second-order valence-corrected chi connectivity index (χ2v) is 5.11. The van der Waals surface area contributed by atoms with E-state index >= 15 is 0 Å². The topological polar surface area (TPSA) is 52.6 Å². The van der Waals surface area contributed by atoms with Gasteiger partial charge in [0.25, 0.3) is 0 Å². The molecule has 0 aliphatic carbocycles. The van der Waals surface area contributed by atoms with E-state index in [9.17, 15) is 9.59 Å². The van der Waals surface area contributed by atoms with Crippen molar-refractivity contribution < 1.29 is 19.1 Å². The molecule has 1 rings (SSSR count). The van der Waals surface area contributed by atoms with Crippen molar-refractivity contribution in [2.24, 2.45) is 0 Å². The van der Waals surface area contributed by atoms with E-state index in [-0.39, 0.29) is 30.9 Å². The smallest absolute Gasteiger partial charge is 0.311 e. The summed E-state index contributed by atoms with van der Waals surface area (Å²) >= 11 is 0. The van der Waals surface area contributed by atoms with Gasteiger partial charge in [0.15, 0.2) is 6.10 Å². The lowest BCUT2D eigenvalue weighted by Crippen LogP contribution is -2.16. The van der Waals surface area contributed by atoms with Crippen LogP contribution in [0.15, 0.2) is 24.3 Å². The lowest BCUT2D eigenvalue weighted by atomic mass is 10.2. The molecule has 0 saturated heterocycles. The van der Waals surface area contributed by atoms with Crippen LogP contribution in [0.2, 0.25) is 0 Å². The van der Waals surface area contributed by atoms with Gasteiger partial charge in [0.1, 0.15) is 5.75 Å². The van der Waals surface area contributed by atoms with E-state index in [1.54, 1.807) is 13.0 Å². The summed E-state index contributed by atoms with van der Waals surface area (Å²) < 4.78 is 10.5. The number of rotatable bonds is 8. The highest BCUT2D eigenvalue weighted by molar-refractivity contribution is 5.74. The van der Waals surface area contributed by atoms with Crippen LogP contribution in [0, 0.1) is 11.8 Å². The van der Waals surface area contributed by atoms with E-state index < -0.39 is 0 Å². The Morgan fingerprint density at radius 2 is 1.91 bits per heavy atom. The molecule has 0 bridgehead atoms. The molecule has 1 unspecified atom stereocenters. The van der Waals surface area contributed by atoms with Crippen molar-refractivity contribution in [1.82, 2.24) is 0 Å². The molecule has 1 atom stereocenters. The molecule has 0 radical (unpaired) electrons. The first-order valence-corrected chi connectivity index (χ1v) is 8.00. The predicted octanol–water partition coefficient (Wildman–Crippen LogP) is 3.67. The van der Waals surface area contributed by atoms with Crippen molar-refractivity contribution in [2.75, 3.05) is 0 Å². The van der Waals surface area contributed by atoms with Gasteiger partial charge in [0.2, 0.25) is 0 Å². The number of hydrogen-bond acceptors (Lipinski definition) is 4. The molecule has 0 N–H and O–H groups in total. The normalized spacial score (nSPS) is 11.1. The number of benzene rings is 1. The van der Waals surface area contributed by atoms with Crippen LogP contribution >= 0.6 is 0 Å². The quantitative estimate of drug-likeness (QED) is 0.417. The number of carbonyl (C=O) groups is 2. The van der Waals surface area contributed by atoms with Gasteiger partial charge in [-0.2, -0.15) is 0 Å². The van der Waals surface area contributed by atoms with Crippen molar-refractivity contribution >= 4 is 11.9 Å². The SMILES string of the molecule is CC#CC(CC)OC(=O)CCCC(=O)Oc1cccc(CC)c1. The van der Waals surface area contributed by atoms with Crippen LogP contribution in [-0.4, -0.2) is 18.0 Å². The molecule has 0 amide bonds. The summed E-state index contributed by atoms with van der Waals surface area (Å²) in [6.07, 6.45) is 1.95.